The van der Waals surface area contributed by atoms with E-state index in [1.165, 1.54) is 0 Å². The Balaban J connectivity index is 1.71. The fourth-order valence-corrected chi connectivity index (χ4v) is 3.07. The molecule has 2 aliphatic rings. The van der Waals surface area contributed by atoms with Gasteiger partial charge in [-0.15, -0.1) is 0 Å². The van der Waals surface area contributed by atoms with Gasteiger partial charge in [0.05, 0.1) is 18.8 Å². The zero-order valence-corrected chi connectivity index (χ0v) is 12.3. The lowest BCUT2D eigenvalue weighted by Gasteiger charge is -2.38. The molecule has 0 radical (unpaired) electrons. The Morgan fingerprint density at radius 2 is 1.90 bits per heavy atom. The highest BCUT2D eigenvalue weighted by Crippen LogP contribution is 2.38. The van der Waals surface area contributed by atoms with Gasteiger partial charge in [0.1, 0.15) is 18.3 Å². The summed E-state index contributed by atoms with van der Waals surface area (Å²) in [5.74, 6) is -0.715. The van der Waals surface area contributed by atoms with Crippen LogP contribution in [0.2, 0.25) is 0 Å². The highest BCUT2D eigenvalue weighted by molar-refractivity contribution is 5.13. The van der Waals surface area contributed by atoms with E-state index < -0.39 is 24.1 Å². The third-order valence-corrected chi connectivity index (χ3v) is 4.04. The van der Waals surface area contributed by atoms with Crippen molar-refractivity contribution in [3.63, 3.8) is 0 Å². The molecule has 1 aliphatic heterocycles. The van der Waals surface area contributed by atoms with E-state index in [2.05, 4.69) is 0 Å². The number of fused-ring (bicyclic) bond motifs is 1. The number of rotatable bonds is 3. The van der Waals surface area contributed by atoms with Crippen molar-refractivity contribution in [3.8, 4) is 0 Å². The number of aliphatic hydroxyl groups excluding tert-OH is 2. The number of aliphatic hydroxyl groups is 2. The van der Waals surface area contributed by atoms with Crippen LogP contribution in [0.25, 0.3) is 0 Å². The molecule has 116 valence electrons. The van der Waals surface area contributed by atoms with Crippen LogP contribution in [0.15, 0.2) is 30.3 Å². The average molecular weight is 294 g/mol. The summed E-state index contributed by atoms with van der Waals surface area (Å²) in [5.41, 5.74) is 1.01. The maximum Gasteiger partial charge on any atom is 0.163 e. The molecule has 1 saturated heterocycles. The molecule has 21 heavy (non-hydrogen) atoms. The molecule has 0 aromatic heterocycles. The van der Waals surface area contributed by atoms with Gasteiger partial charge in [0.25, 0.3) is 0 Å². The third-order valence-electron chi connectivity index (χ3n) is 4.04. The molecule has 5 atom stereocenters. The fraction of sp³-hybridized carbons (Fsp3) is 0.625. The predicted molar refractivity (Wildman–Crippen MR) is 75.5 cm³/mol. The van der Waals surface area contributed by atoms with Gasteiger partial charge in [0.15, 0.2) is 5.79 Å². The first kappa shape index (κ1) is 14.9. The average Bonchev–Trinajstić information content (AvgIpc) is 2.74. The van der Waals surface area contributed by atoms with E-state index in [-0.39, 0.29) is 12.2 Å². The molecule has 3 rings (SSSR count). The van der Waals surface area contributed by atoms with Crippen LogP contribution in [0.5, 0.6) is 0 Å². The summed E-state index contributed by atoms with van der Waals surface area (Å²) in [6.07, 6.45) is -2.67. The van der Waals surface area contributed by atoms with E-state index in [9.17, 15) is 10.2 Å². The minimum Gasteiger partial charge on any atom is -0.390 e. The maximum atomic E-state index is 10.2. The second-order valence-electron chi connectivity index (χ2n) is 6.19. The quantitative estimate of drug-likeness (QED) is 0.877. The van der Waals surface area contributed by atoms with Gasteiger partial charge in [-0.25, -0.2) is 0 Å². The molecule has 0 bridgehead atoms. The van der Waals surface area contributed by atoms with Crippen molar-refractivity contribution in [2.75, 3.05) is 0 Å². The van der Waals surface area contributed by atoms with Gasteiger partial charge < -0.3 is 24.4 Å². The molecule has 5 heteroatoms. The molecule has 0 amide bonds. The zero-order chi connectivity index (χ0) is 15.0. The predicted octanol–water partition coefficient (Wildman–Crippen LogP) is 1.22. The largest absolute Gasteiger partial charge is 0.390 e. The van der Waals surface area contributed by atoms with Crippen molar-refractivity contribution in [2.24, 2.45) is 0 Å². The van der Waals surface area contributed by atoms with E-state index in [4.69, 9.17) is 14.2 Å². The lowest BCUT2D eigenvalue weighted by molar-refractivity contribution is -0.184. The Hall–Kier alpha value is -0.980. The van der Waals surface area contributed by atoms with Crippen molar-refractivity contribution in [2.45, 2.75) is 63.2 Å². The molecule has 2 fully saturated rings. The lowest BCUT2D eigenvalue weighted by atomic mass is 9.87. The van der Waals surface area contributed by atoms with Gasteiger partial charge in [-0.3, -0.25) is 0 Å². The van der Waals surface area contributed by atoms with Crippen LogP contribution in [0.1, 0.15) is 25.8 Å². The molecule has 5 nitrogen and oxygen atoms in total. The van der Waals surface area contributed by atoms with Crippen molar-refractivity contribution >= 4 is 0 Å². The summed E-state index contributed by atoms with van der Waals surface area (Å²) in [6.45, 7) is 4.03. The van der Waals surface area contributed by atoms with Gasteiger partial charge in [-0.1, -0.05) is 30.3 Å². The summed E-state index contributed by atoms with van der Waals surface area (Å²) in [7, 11) is 0. The smallest absolute Gasteiger partial charge is 0.163 e. The minimum atomic E-state index is -0.965. The Morgan fingerprint density at radius 3 is 2.62 bits per heavy atom. The first-order valence-electron chi connectivity index (χ1n) is 7.33. The van der Waals surface area contributed by atoms with Crippen LogP contribution >= 0.6 is 0 Å². The molecule has 1 aromatic rings. The number of benzene rings is 1. The van der Waals surface area contributed by atoms with E-state index in [0.717, 1.165) is 5.56 Å². The standard InChI is InChI=1S/C16H22O5/c1-16(2)20-12-8-11(17)13(18)15(14(12)21-16)19-9-10-6-4-3-5-7-10/h3-7,11-15,17-18H,8-9H2,1-2H3/t11-,12-,13-,14?,15+/m0/s1. The summed E-state index contributed by atoms with van der Waals surface area (Å²) in [6, 6.07) is 9.73. The summed E-state index contributed by atoms with van der Waals surface area (Å²) >= 11 is 0. The highest BCUT2D eigenvalue weighted by atomic mass is 16.8. The lowest BCUT2D eigenvalue weighted by Crippen LogP contribution is -2.55. The number of hydrogen-bond donors (Lipinski definition) is 2. The summed E-state index contributed by atoms with van der Waals surface area (Å²) in [5, 5.41) is 20.2. The minimum absolute atomic E-state index is 0.251. The summed E-state index contributed by atoms with van der Waals surface area (Å²) < 4.78 is 17.5. The molecule has 2 N–H and O–H groups in total. The van der Waals surface area contributed by atoms with Crippen LogP contribution < -0.4 is 0 Å². The van der Waals surface area contributed by atoms with Crippen molar-refractivity contribution < 1.29 is 24.4 Å². The molecular weight excluding hydrogens is 272 g/mol. The van der Waals surface area contributed by atoms with Gasteiger partial charge in [0, 0.05) is 6.42 Å². The maximum absolute atomic E-state index is 10.2. The summed E-state index contributed by atoms with van der Waals surface area (Å²) in [4.78, 5) is 0. The molecule has 0 spiro atoms. The van der Waals surface area contributed by atoms with Gasteiger partial charge in [0.2, 0.25) is 0 Å². The van der Waals surface area contributed by atoms with Gasteiger partial charge in [-0.05, 0) is 19.4 Å². The Kier molecular flexibility index (Phi) is 4.03. The van der Waals surface area contributed by atoms with Gasteiger partial charge in [-0.2, -0.15) is 0 Å². The monoisotopic (exact) mass is 294 g/mol. The van der Waals surface area contributed by atoms with Crippen LogP contribution in [-0.4, -0.2) is 46.5 Å². The molecular formula is C16H22O5. The van der Waals surface area contributed by atoms with E-state index in [1.54, 1.807) is 0 Å². The molecule has 1 saturated carbocycles. The topological polar surface area (TPSA) is 68.2 Å². The third kappa shape index (κ3) is 3.12. The second-order valence-corrected chi connectivity index (χ2v) is 6.19. The molecule has 1 aliphatic carbocycles. The van der Waals surface area contributed by atoms with Crippen molar-refractivity contribution in [3.05, 3.63) is 35.9 Å². The molecule has 1 unspecified atom stereocenters. The second kappa shape index (κ2) is 5.66. The fourth-order valence-electron chi connectivity index (χ4n) is 3.07. The van der Waals surface area contributed by atoms with Crippen LogP contribution in [0.3, 0.4) is 0 Å². The Morgan fingerprint density at radius 1 is 1.19 bits per heavy atom. The van der Waals surface area contributed by atoms with Crippen LogP contribution in [-0.2, 0) is 20.8 Å². The van der Waals surface area contributed by atoms with Gasteiger partial charge >= 0.3 is 0 Å². The zero-order valence-electron chi connectivity index (χ0n) is 12.3. The van der Waals surface area contributed by atoms with Crippen LogP contribution in [0.4, 0.5) is 0 Å². The Labute approximate surface area is 124 Å². The van der Waals surface area contributed by atoms with Crippen molar-refractivity contribution in [1.82, 2.24) is 0 Å². The molecule has 1 aromatic carbocycles. The Bertz CT molecular complexity index is 475. The van der Waals surface area contributed by atoms with Crippen molar-refractivity contribution in [1.29, 1.82) is 0 Å². The van der Waals surface area contributed by atoms with Crippen LogP contribution in [0, 0.1) is 0 Å². The normalized spacial score (nSPS) is 38.2. The van der Waals surface area contributed by atoms with E-state index in [1.807, 2.05) is 44.2 Å². The molecule has 1 heterocycles. The highest BCUT2D eigenvalue weighted by Gasteiger charge is 2.53. The number of hydrogen-bond acceptors (Lipinski definition) is 5. The van der Waals surface area contributed by atoms with E-state index >= 15 is 0 Å². The van der Waals surface area contributed by atoms with E-state index in [0.29, 0.717) is 13.0 Å². The first-order chi connectivity index (χ1) is 9.96. The first-order valence-corrected chi connectivity index (χ1v) is 7.33. The SMILES string of the molecule is CC1(C)OC2[C@H](C[C@H](O)[C@H](O)[C@H]2OCc2ccccc2)O1. The number of ether oxygens (including phenoxy) is 3.